The summed E-state index contributed by atoms with van der Waals surface area (Å²) < 4.78 is 39.3. The van der Waals surface area contributed by atoms with Gasteiger partial charge in [-0.05, 0) is 12.1 Å². The van der Waals surface area contributed by atoms with Crippen LogP contribution >= 0.6 is 11.6 Å². The monoisotopic (exact) mass is 332 g/mol. The smallest absolute Gasteiger partial charge is 0.262 e. The van der Waals surface area contributed by atoms with Crippen LogP contribution in [0.1, 0.15) is 0 Å². The first-order chi connectivity index (χ1) is 9.79. The summed E-state index contributed by atoms with van der Waals surface area (Å²) >= 11 is 5.56. The highest BCUT2D eigenvalue weighted by molar-refractivity contribution is 7.92. The first kappa shape index (κ1) is 15.1. The minimum atomic E-state index is -4.19. The number of nitro groups is 1. The molecule has 0 bridgehead atoms. The normalized spacial score (nSPS) is 11.1. The van der Waals surface area contributed by atoms with Gasteiger partial charge >= 0.3 is 5.69 Å². The maximum atomic E-state index is 13.2. The van der Waals surface area contributed by atoms with E-state index in [4.69, 9.17) is 11.6 Å². The SMILES string of the molecule is O=[N+]([O-])c1cc(S(=O)(=O)Nc2cncc(Cl)n2)ccc1F. The van der Waals surface area contributed by atoms with E-state index in [9.17, 15) is 22.9 Å². The van der Waals surface area contributed by atoms with Crippen molar-refractivity contribution in [1.82, 2.24) is 9.97 Å². The molecule has 1 aromatic heterocycles. The molecule has 110 valence electrons. The Morgan fingerprint density at radius 1 is 1.33 bits per heavy atom. The summed E-state index contributed by atoms with van der Waals surface area (Å²) in [5.74, 6) is -1.31. The molecule has 0 aliphatic heterocycles. The number of nitrogens with zero attached hydrogens (tertiary/aromatic N) is 3. The Bertz CT molecular complexity index is 814. The number of sulfonamides is 1. The summed E-state index contributed by atoms with van der Waals surface area (Å²) in [6, 6.07) is 2.19. The number of hydrogen-bond acceptors (Lipinski definition) is 6. The predicted octanol–water partition coefficient (Wildman–Crippen LogP) is 1.98. The van der Waals surface area contributed by atoms with Gasteiger partial charge < -0.3 is 0 Å². The van der Waals surface area contributed by atoms with Crippen LogP contribution in [0.3, 0.4) is 0 Å². The van der Waals surface area contributed by atoms with Gasteiger partial charge in [-0.15, -0.1) is 0 Å². The van der Waals surface area contributed by atoms with Crippen LogP contribution in [0.5, 0.6) is 0 Å². The van der Waals surface area contributed by atoms with Crippen LogP contribution < -0.4 is 4.72 Å². The van der Waals surface area contributed by atoms with Crippen molar-refractivity contribution in [2.75, 3.05) is 4.72 Å². The highest BCUT2D eigenvalue weighted by atomic mass is 35.5. The number of nitro benzene ring substituents is 1. The van der Waals surface area contributed by atoms with Crippen LogP contribution in [0.2, 0.25) is 5.15 Å². The number of rotatable bonds is 4. The van der Waals surface area contributed by atoms with E-state index in [2.05, 4.69) is 9.97 Å². The van der Waals surface area contributed by atoms with Gasteiger partial charge in [0, 0.05) is 6.07 Å². The van der Waals surface area contributed by atoms with Crippen molar-refractivity contribution in [2.24, 2.45) is 0 Å². The molecular formula is C10H6ClFN4O4S. The lowest BCUT2D eigenvalue weighted by molar-refractivity contribution is -0.387. The second-order valence-electron chi connectivity index (χ2n) is 3.70. The number of benzene rings is 1. The zero-order valence-electron chi connectivity index (χ0n) is 10.0. The third-order valence-corrected chi connectivity index (χ3v) is 3.80. The van der Waals surface area contributed by atoms with Crippen molar-refractivity contribution in [3.05, 3.63) is 51.7 Å². The molecule has 0 unspecified atom stereocenters. The fourth-order valence-electron chi connectivity index (χ4n) is 1.39. The van der Waals surface area contributed by atoms with E-state index in [1.54, 1.807) is 0 Å². The number of nitrogens with one attached hydrogen (secondary N) is 1. The third kappa shape index (κ3) is 3.41. The van der Waals surface area contributed by atoms with E-state index < -0.39 is 31.3 Å². The van der Waals surface area contributed by atoms with Crippen LogP contribution in [-0.2, 0) is 10.0 Å². The fourth-order valence-corrected chi connectivity index (χ4v) is 2.54. The quantitative estimate of drug-likeness (QED) is 0.676. The topological polar surface area (TPSA) is 115 Å². The molecule has 0 spiro atoms. The van der Waals surface area contributed by atoms with Crippen molar-refractivity contribution in [2.45, 2.75) is 4.90 Å². The Morgan fingerprint density at radius 2 is 2.05 bits per heavy atom. The lowest BCUT2D eigenvalue weighted by atomic mass is 10.3. The zero-order valence-corrected chi connectivity index (χ0v) is 11.6. The summed E-state index contributed by atoms with van der Waals surface area (Å²) in [6.45, 7) is 0. The van der Waals surface area contributed by atoms with Gasteiger partial charge in [-0.25, -0.2) is 13.4 Å². The molecule has 21 heavy (non-hydrogen) atoms. The van der Waals surface area contributed by atoms with Crippen molar-refractivity contribution < 1.29 is 17.7 Å². The summed E-state index contributed by atoms with van der Waals surface area (Å²) in [7, 11) is -4.19. The van der Waals surface area contributed by atoms with Gasteiger partial charge in [0.05, 0.1) is 22.2 Å². The predicted molar refractivity (Wildman–Crippen MR) is 70.9 cm³/mol. The van der Waals surface area contributed by atoms with Crippen LogP contribution in [0, 0.1) is 15.9 Å². The number of aromatic nitrogens is 2. The Balaban J connectivity index is 2.40. The Hall–Kier alpha value is -2.33. The standard InChI is InChI=1S/C10H6ClFN4O4S/c11-9-4-13-5-10(14-9)15-21(19,20)6-1-2-7(12)8(3-6)16(17)18/h1-5H,(H,14,15). The molecule has 1 aromatic carbocycles. The molecule has 0 atom stereocenters. The molecule has 2 rings (SSSR count). The van der Waals surface area contributed by atoms with Gasteiger partial charge in [0.1, 0.15) is 5.15 Å². The summed E-state index contributed by atoms with van der Waals surface area (Å²) in [5.41, 5.74) is -0.949. The third-order valence-electron chi connectivity index (χ3n) is 2.27. The van der Waals surface area contributed by atoms with Crippen LogP contribution in [0.4, 0.5) is 15.9 Å². The molecule has 0 aliphatic rings. The molecule has 0 saturated heterocycles. The molecule has 11 heteroatoms. The van der Waals surface area contributed by atoms with Gasteiger partial charge in [-0.2, -0.15) is 4.39 Å². The van der Waals surface area contributed by atoms with E-state index in [-0.39, 0.29) is 11.0 Å². The lowest BCUT2D eigenvalue weighted by Gasteiger charge is -2.07. The Kier molecular flexibility index (Phi) is 4.00. The molecule has 0 radical (unpaired) electrons. The largest absolute Gasteiger partial charge is 0.306 e. The van der Waals surface area contributed by atoms with Crippen molar-refractivity contribution in [1.29, 1.82) is 0 Å². The zero-order chi connectivity index (χ0) is 15.6. The maximum absolute atomic E-state index is 13.2. The van der Waals surface area contributed by atoms with Crippen LogP contribution in [0.15, 0.2) is 35.5 Å². The first-order valence-corrected chi connectivity index (χ1v) is 7.10. The van der Waals surface area contributed by atoms with Gasteiger partial charge in [0.2, 0.25) is 5.82 Å². The van der Waals surface area contributed by atoms with Crippen LogP contribution in [-0.4, -0.2) is 23.3 Å². The average molecular weight is 333 g/mol. The summed E-state index contributed by atoms with van der Waals surface area (Å²) in [4.78, 5) is 16.4. The van der Waals surface area contributed by atoms with Gasteiger partial charge in [-0.1, -0.05) is 11.6 Å². The molecule has 2 aromatic rings. The highest BCUT2D eigenvalue weighted by Gasteiger charge is 2.22. The molecular weight excluding hydrogens is 327 g/mol. The van der Waals surface area contributed by atoms with E-state index in [1.807, 2.05) is 4.72 Å². The Morgan fingerprint density at radius 3 is 2.67 bits per heavy atom. The molecule has 0 saturated carbocycles. The maximum Gasteiger partial charge on any atom is 0.306 e. The average Bonchev–Trinajstić information content (AvgIpc) is 2.38. The van der Waals surface area contributed by atoms with Gasteiger partial charge in [-0.3, -0.25) is 19.8 Å². The minimum absolute atomic E-state index is 0.0414. The highest BCUT2D eigenvalue weighted by Crippen LogP contribution is 2.23. The molecule has 1 heterocycles. The Labute approximate surface area is 122 Å². The molecule has 8 nitrogen and oxygen atoms in total. The second kappa shape index (κ2) is 5.58. The molecule has 1 N–H and O–H groups in total. The fraction of sp³-hybridized carbons (Fsp3) is 0. The molecule has 0 aliphatic carbocycles. The van der Waals surface area contributed by atoms with Crippen LogP contribution in [0.25, 0.3) is 0 Å². The van der Waals surface area contributed by atoms with E-state index >= 15 is 0 Å². The molecule has 0 fully saturated rings. The van der Waals surface area contributed by atoms with Crippen molar-refractivity contribution in [3.63, 3.8) is 0 Å². The van der Waals surface area contributed by atoms with E-state index in [1.165, 1.54) is 6.20 Å². The number of hydrogen-bond donors (Lipinski definition) is 1. The van der Waals surface area contributed by atoms with Gasteiger partial charge in [0.25, 0.3) is 10.0 Å². The number of halogens is 2. The van der Waals surface area contributed by atoms with E-state index in [0.29, 0.717) is 12.1 Å². The van der Waals surface area contributed by atoms with Crippen molar-refractivity contribution in [3.8, 4) is 0 Å². The molecule has 0 amide bonds. The van der Waals surface area contributed by atoms with Gasteiger partial charge in [0.15, 0.2) is 5.82 Å². The summed E-state index contributed by atoms with van der Waals surface area (Å²) in [6.07, 6.45) is 2.30. The van der Waals surface area contributed by atoms with Crippen molar-refractivity contribution >= 4 is 33.1 Å². The lowest BCUT2D eigenvalue weighted by Crippen LogP contribution is -2.14. The minimum Gasteiger partial charge on any atom is -0.262 e. The summed E-state index contributed by atoms with van der Waals surface area (Å²) in [5, 5.41) is 10.6. The van der Waals surface area contributed by atoms with E-state index in [0.717, 1.165) is 12.3 Å². The number of anilines is 1. The second-order valence-corrected chi connectivity index (χ2v) is 5.77. The first-order valence-electron chi connectivity index (χ1n) is 5.24.